The standard InChI is InChI=1S/C22H20ClN3O3/c1-15-19(21(23)26(25-15)18-11-7-4-8-12-18)13-14-20(27)29-16(2)22(28)24-17-9-5-3-6-10-17/h3-14,16H,1-2H3,(H,24,28)/b14-13+/t16-/m1/s1. The van der Waals surface area contributed by atoms with Gasteiger partial charge in [0.1, 0.15) is 5.15 Å². The Kier molecular flexibility index (Phi) is 6.46. The number of aryl methyl sites for hydroxylation is 1. The lowest BCUT2D eigenvalue weighted by Gasteiger charge is -2.12. The highest BCUT2D eigenvalue weighted by molar-refractivity contribution is 6.31. The van der Waals surface area contributed by atoms with E-state index < -0.39 is 18.0 Å². The molecule has 3 rings (SSSR count). The molecule has 7 heteroatoms. The molecule has 0 saturated carbocycles. The summed E-state index contributed by atoms with van der Waals surface area (Å²) >= 11 is 6.43. The molecule has 0 aliphatic heterocycles. The second kappa shape index (κ2) is 9.21. The number of rotatable bonds is 6. The number of hydrogen-bond donors (Lipinski definition) is 1. The maximum absolute atomic E-state index is 12.1. The van der Waals surface area contributed by atoms with E-state index in [0.29, 0.717) is 22.1 Å². The number of carbonyl (C=O) groups excluding carboxylic acids is 2. The fraction of sp³-hybridized carbons (Fsp3) is 0.136. The van der Waals surface area contributed by atoms with Gasteiger partial charge in [-0.05, 0) is 44.2 Å². The summed E-state index contributed by atoms with van der Waals surface area (Å²) in [5, 5.41) is 7.48. The van der Waals surface area contributed by atoms with E-state index in [0.717, 1.165) is 5.69 Å². The molecule has 148 valence electrons. The minimum Gasteiger partial charge on any atom is -0.449 e. The van der Waals surface area contributed by atoms with E-state index >= 15 is 0 Å². The summed E-state index contributed by atoms with van der Waals surface area (Å²) in [7, 11) is 0. The fourth-order valence-corrected chi connectivity index (χ4v) is 2.96. The van der Waals surface area contributed by atoms with Crippen LogP contribution in [0.25, 0.3) is 11.8 Å². The second-order valence-corrected chi connectivity index (χ2v) is 6.66. The van der Waals surface area contributed by atoms with Crippen molar-refractivity contribution in [2.24, 2.45) is 0 Å². The Hall–Kier alpha value is -3.38. The summed E-state index contributed by atoms with van der Waals surface area (Å²) in [6.07, 6.45) is 1.82. The Morgan fingerprint density at radius 2 is 1.72 bits per heavy atom. The van der Waals surface area contributed by atoms with Crippen LogP contribution in [-0.4, -0.2) is 27.8 Å². The van der Waals surface area contributed by atoms with Crippen LogP contribution in [0.2, 0.25) is 5.15 Å². The maximum atomic E-state index is 12.1. The average molecular weight is 410 g/mol. The van der Waals surface area contributed by atoms with E-state index in [-0.39, 0.29) is 0 Å². The number of anilines is 1. The van der Waals surface area contributed by atoms with Crippen molar-refractivity contribution in [1.82, 2.24) is 9.78 Å². The van der Waals surface area contributed by atoms with Gasteiger partial charge in [-0.15, -0.1) is 0 Å². The molecule has 6 nitrogen and oxygen atoms in total. The average Bonchev–Trinajstić information content (AvgIpc) is 3.01. The van der Waals surface area contributed by atoms with Gasteiger partial charge in [0.2, 0.25) is 0 Å². The number of nitrogens with zero attached hydrogens (tertiary/aromatic N) is 2. The molecule has 1 N–H and O–H groups in total. The fourth-order valence-electron chi connectivity index (χ4n) is 2.62. The summed E-state index contributed by atoms with van der Waals surface area (Å²) in [5.41, 5.74) is 2.72. The second-order valence-electron chi connectivity index (χ2n) is 6.30. The minimum absolute atomic E-state index is 0.382. The number of amides is 1. The predicted molar refractivity (Wildman–Crippen MR) is 113 cm³/mol. The molecule has 0 aliphatic carbocycles. The van der Waals surface area contributed by atoms with Crippen LogP contribution < -0.4 is 5.32 Å². The van der Waals surface area contributed by atoms with Gasteiger partial charge in [-0.3, -0.25) is 4.79 Å². The normalized spacial score (nSPS) is 12.0. The lowest BCUT2D eigenvalue weighted by molar-refractivity contribution is -0.148. The number of carbonyl (C=O) groups is 2. The summed E-state index contributed by atoms with van der Waals surface area (Å²) < 4.78 is 6.76. The first-order chi connectivity index (χ1) is 14.0. The van der Waals surface area contributed by atoms with E-state index in [1.54, 1.807) is 35.9 Å². The first kappa shape index (κ1) is 20.4. The molecule has 1 heterocycles. The number of ether oxygens (including phenoxy) is 1. The molecule has 0 bridgehead atoms. The number of para-hydroxylation sites is 2. The van der Waals surface area contributed by atoms with Crippen LogP contribution >= 0.6 is 11.6 Å². The summed E-state index contributed by atoms with van der Waals surface area (Å²) in [6.45, 7) is 3.31. The molecule has 3 aromatic rings. The van der Waals surface area contributed by atoms with Crippen LogP contribution in [-0.2, 0) is 14.3 Å². The molecule has 2 aromatic carbocycles. The zero-order chi connectivity index (χ0) is 20.8. The van der Waals surface area contributed by atoms with Crippen molar-refractivity contribution < 1.29 is 14.3 Å². The van der Waals surface area contributed by atoms with Crippen LogP contribution in [0.4, 0.5) is 5.69 Å². The van der Waals surface area contributed by atoms with Gasteiger partial charge in [-0.2, -0.15) is 5.10 Å². The van der Waals surface area contributed by atoms with Gasteiger partial charge in [0.05, 0.1) is 11.4 Å². The maximum Gasteiger partial charge on any atom is 0.331 e. The summed E-state index contributed by atoms with van der Waals surface area (Å²) in [6, 6.07) is 18.4. The molecule has 1 atom stereocenters. The van der Waals surface area contributed by atoms with Crippen molar-refractivity contribution in [3.05, 3.63) is 83.2 Å². The number of esters is 1. The molecule has 0 saturated heterocycles. The quantitative estimate of drug-likeness (QED) is 0.483. The lowest BCUT2D eigenvalue weighted by atomic mass is 10.2. The van der Waals surface area contributed by atoms with Gasteiger partial charge in [-0.25, -0.2) is 9.48 Å². The molecule has 0 unspecified atom stereocenters. The lowest BCUT2D eigenvalue weighted by Crippen LogP contribution is -2.29. The summed E-state index contributed by atoms with van der Waals surface area (Å²) in [5.74, 6) is -1.06. The van der Waals surface area contributed by atoms with Crippen molar-refractivity contribution in [1.29, 1.82) is 0 Å². The van der Waals surface area contributed by atoms with Gasteiger partial charge >= 0.3 is 5.97 Å². The van der Waals surface area contributed by atoms with E-state index in [1.165, 1.54) is 19.1 Å². The van der Waals surface area contributed by atoms with Crippen LogP contribution in [0, 0.1) is 6.92 Å². The van der Waals surface area contributed by atoms with Crippen molar-refractivity contribution in [3.8, 4) is 5.69 Å². The molecule has 0 radical (unpaired) electrons. The third kappa shape index (κ3) is 5.12. The topological polar surface area (TPSA) is 73.2 Å². The molecule has 29 heavy (non-hydrogen) atoms. The van der Waals surface area contributed by atoms with Crippen LogP contribution in [0.5, 0.6) is 0 Å². The Labute approximate surface area is 173 Å². The van der Waals surface area contributed by atoms with E-state index in [1.807, 2.05) is 36.4 Å². The Morgan fingerprint density at radius 1 is 1.10 bits per heavy atom. The predicted octanol–water partition coefficient (Wildman–Crippen LogP) is 4.42. The highest BCUT2D eigenvalue weighted by Crippen LogP contribution is 2.24. The third-order valence-corrected chi connectivity index (χ3v) is 4.50. The van der Waals surface area contributed by atoms with Gasteiger partial charge < -0.3 is 10.1 Å². The monoisotopic (exact) mass is 409 g/mol. The molecule has 0 fully saturated rings. The van der Waals surface area contributed by atoms with E-state index in [2.05, 4.69) is 10.4 Å². The highest BCUT2D eigenvalue weighted by Gasteiger charge is 2.17. The number of benzene rings is 2. The number of nitrogens with one attached hydrogen (secondary N) is 1. The minimum atomic E-state index is -0.948. The van der Waals surface area contributed by atoms with Gasteiger partial charge in [0.15, 0.2) is 6.10 Å². The SMILES string of the molecule is Cc1nn(-c2ccccc2)c(Cl)c1/C=C/C(=O)O[C@H](C)C(=O)Nc1ccccc1. The van der Waals surface area contributed by atoms with Crippen molar-refractivity contribution in [2.75, 3.05) is 5.32 Å². The molecule has 0 spiro atoms. The third-order valence-electron chi connectivity index (χ3n) is 4.14. The van der Waals surface area contributed by atoms with Crippen molar-refractivity contribution in [3.63, 3.8) is 0 Å². The zero-order valence-electron chi connectivity index (χ0n) is 16.0. The number of hydrogen-bond acceptors (Lipinski definition) is 4. The van der Waals surface area contributed by atoms with Crippen LogP contribution in [0.15, 0.2) is 66.7 Å². The van der Waals surface area contributed by atoms with E-state index in [9.17, 15) is 9.59 Å². The first-order valence-corrected chi connectivity index (χ1v) is 9.38. The smallest absolute Gasteiger partial charge is 0.331 e. The molecule has 1 amide bonds. The van der Waals surface area contributed by atoms with Crippen molar-refractivity contribution in [2.45, 2.75) is 20.0 Å². The Balaban J connectivity index is 1.65. The summed E-state index contributed by atoms with van der Waals surface area (Å²) in [4.78, 5) is 24.3. The van der Waals surface area contributed by atoms with Gasteiger partial charge in [-0.1, -0.05) is 48.0 Å². The van der Waals surface area contributed by atoms with Crippen molar-refractivity contribution >= 4 is 35.2 Å². The Morgan fingerprint density at radius 3 is 2.38 bits per heavy atom. The molecular weight excluding hydrogens is 390 g/mol. The number of aromatic nitrogens is 2. The molecule has 1 aromatic heterocycles. The number of halogens is 1. The van der Waals surface area contributed by atoms with E-state index in [4.69, 9.17) is 16.3 Å². The Bertz CT molecular complexity index is 1030. The van der Waals surface area contributed by atoms with Crippen LogP contribution in [0.3, 0.4) is 0 Å². The molecular formula is C22H20ClN3O3. The highest BCUT2D eigenvalue weighted by atomic mass is 35.5. The molecule has 0 aliphatic rings. The van der Waals surface area contributed by atoms with Gasteiger partial charge in [0.25, 0.3) is 5.91 Å². The van der Waals surface area contributed by atoms with Gasteiger partial charge in [0, 0.05) is 17.3 Å². The zero-order valence-corrected chi connectivity index (χ0v) is 16.8. The van der Waals surface area contributed by atoms with Crippen LogP contribution in [0.1, 0.15) is 18.2 Å². The first-order valence-electron chi connectivity index (χ1n) is 9.01. The largest absolute Gasteiger partial charge is 0.449 e.